The van der Waals surface area contributed by atoms with Crippen molar-refractivity contribution in [3.63, 3.8) is 0 Å². The third kappa shape index (κ3) is 3.89. The van der Waals surface area contributed by atoms with Crippen LogP contribution in [0.3, 0.4) is 0 Å². The van der Waals surface area contributed by atoms with Gasteiger partial charge in [-0.3, -0.25) is 0 Å². The summed E-state index contributed by atoms with van der Waals surface area (Å²) in [6, 6.07) is 0. The SMILES string of the molecule is CCOC(C)[P+](C)(C)C. The molecule has 2 heteroatoms. The Balaban J connectivity index is 3.59. The molecule has 0 amide bonds. The van der Waals surface area contributed by atoms with Crippen LogP contribution in [0.25, 0.3) is 0 Å². The lowest BCUT2D eigenvalue weighted by atomic mass is 10.8. The van der Waals surface area contributed by atoms with Crippen LogP contribution in [0.5, 0.6) is 0 Å². The zero-order chi connectivity index (χ0) is 7.49. The predicted molar refractivity (Wildman–Crippen MR) is 45.8 cm³/mol. The molecule has 0 radical (unpaired) electrons. The van der Waals surface area contributed by atoms with Crippen molar-refractivity contribution in [3.8, 4) is 0 Å². The summed E-state index contributed by atoms with van der Waals surface area (Å²) in [5.74, 6) is 0.475. The topological polar surface area (TPSA) is 9.23 Å². The van der Waals surface area contributed by atoms with Crippen molar-refractivity contribution in [3.05, 3.63) is 0 Å². The summed E-state index contributed by atoms with van der Waals surface area (Å²) in [5, 5.41) is 0. The zero-order valence-electron chi connectivity index (χ0n) is 7.14. The van der Waals surface area contributed by atoms with Gasteiger partial charge >= 0.3 is 0 Å². The molecular weight excluding hydrogens is 131 g/mol. The van der Waals surface area contributed by atoms with E-state index in [0.717, 1.165) is 6.61 Å². The van der Waals surface area contributed by atoms with Gasteiger partial charge in [-0.05, 0) is 13.8 Å². The molecule has 0 saturated heterocycles. The van der Waals surface area contributed by atoms with Gasteiger partial charge in [-0.25, -0.2) is 0 Å². The molecule has 0 aromatic heterocycles. The van der Waals surface area contributed by atoms with Gasteiger partial charge < -0.3 is 4.74 Å². The first-order valence-electron chi connectivity index (χ1n) is 3.41. The molecule has 0 fully saturated rings. The quantitative estimate of drug-likeness (QED) is 0.559. The van der Waals surface area contributed by atoms with Crippen LogP contribution in [-0.4, -0.2) is 32.4 Å². The fourth-order valence-electron chi connectivity index (χ4n) is 0.465. The average Bonchev–Trinajstić information content (AvgIpc) is 1.64. The molecule has 1 atom stereocenters. The van der Waals surface area contributed by atoms with Crippen LogP contribution in [0, 0.1) is 0 Å². The molecule has 0 bridgehead atoms. The summed E-state index contributed by atoms with van der Waals surface area (Å²) < 4.78 is 5.46. The lowest BCUT2D eigenvalue weighted by Crippen LogP contribution is -2.11. The number of hydrogen-bond acceptors (Lipinski definition) is 1. The van der Waals surface area contributed by atoms with Crippen LogP contribution in [0.2, 0.25) is 0 Å². The third-order valence-corrected chi connectivity index (χ3v) is 3.83. The van der Waals surface area contributed by atoms with E-state index < -0.39 is 7.26 Å². The fraction of sp³-hybridized carbons (Fsp3) is 1.00. The van der Waals surface area contributed by atoms with E-state index in [-0.39, 0.29) is 0 Å². The normalized spacial score (nSPS) is 15.7. The third-order valence-electron chi connectivity index (χ3n) is 1.50. The van der Waals surface area contributed by atoms with Crippen LogP contribution < -0.4 is 0 Å². The van der Waals surface area contributed by atoms with E-state index in [1.807, 2.05) is 6.92 Å². The summed E-state index contributed by atoms with van der Waals surface area (Å²) in [6.07, 6.45) is 0. The van der Waals surface area contributed by atoms with Crippen molar-refractivity contribution in [2.45, 2.75) is 19.7 Å². The minimum Gasteiger partial charge on any atom is -0.344 e. The second-order valence-electron chi connectivity index (χ2n) is 3.17. The maximum Gasteiger partial charge on any atom is 0.163 e. The zero-order valence-corrected chi connectivity index (χ0v) is 8.03. The van der Waals surface area contributed by atoms with E-state index in [1.165, 1.54) is 0 Å². The van der Waals surface area contributed by atoms with E-state index in [4.69, 9.17) is 4.74 Å². The van der Waals surface area contributed by atoms with Crippen molar-refractivity contribution < 1.29 is 4.74 Å². The Morgan fingerprint density at radius 2 is 1.78 bits per heavy atom. The van der Waals surface area contributed by atoms with Gasteiger partial charge in [-0.2, -0.15) is 0 Å². The number of rotatable bonds is 3. The molecule has 1 nitrogen and oxygen atoms in total. The van der Waals surface area contributed by atoms with Gasteiger partial charge in [0, 0.05) is 13.9 Å². The van der Waals surface area contributed by atoms with E-state index in [9.17, 15) is 0 Å². The van der Waals surface area contributed by atoms with Crippen molar-refractivity contribution in [2.24, 2.45) is 0 Å². The lowest BCUT2D eigenvalue weighted by molar-refractivity contribution is 0.132. The Bertz CT molecular complexity index is 75.5. The van der Waals surface area contributed by atoms with Crippen molar-refractivity contribution in [1.82, 2.24) is 0 Å². The molecule has 0 saturated carbocycles. The molecule has 0 spiro atoms. The number of ether oxygens (including phenoxy) is 1. The molecule has 9 heavy (non-hydrogen) atoms. The smallest absolute Gasteiger partial charge is 0.163 e. The summed E-state index contributed by atoms with van der Waals surface area (Å²) in [7, 11) is -0.746. The Labute approximate surface area is 59.1 Å². The molecule has 0 aromatic rings. The van der Waals surface area contributed by atoms with Gasteiger partial charge in [0.1, 0.15) is 0 Å². The predicted octanol–water partition coefficient (Wildman–Crippen LogP) is 2.28. The molecule has 0 rings (SSSR count). The van der Waals surface area contributed by atoms with Crippen molar-refractivity contribution in [1.29, 1.82) is 0 Å². The first-order valence-corrected chi connectivity index (χ1v) is 6.61. The minimum absolute atomic E-state index is 0.475. The highest BCUT2D eigenvalue weighted by molar-refractivity contribution is 7.74. The molecule has 0 aromatic carbocycles. The minimum atomic E-state index is -0.746. The number of hydrogen-bond donors (Lipinski definition) is 0. The van der Waals surface area contributed by atoms with Crippen LogP contribution in [-0.2, 0) is 4.74 Å². The molecule has 0 N–H and O–H groups in total. The highest BCUT2D eigenvalue weighted by Gasteiger charge is 2.26. The second kappa shape index (κ2) is 3.53. The first-order chi connectivity index (χ1) is 3.98. The van der Waals surface area contributed by atoms with Gasteiger partial charge in [-0.1, -0.05) is 0 Å². The Morgan fingerprint density at radius 1 is 1.33 bits per heavy atom. The molecule has 1 unspecified atom stereocenters. The van der Waals surface area contributed by atoms with E-state index in [2.05, 4.69) is 26.9 Å². The largest absolute Gasteiger partial charge is 0.344 e. The second-order valence-corrected chi connectivity index (χ2v) is 8.13. The van der Waals surface area contributed by atoms with Gasteiger partial charge in [0.15, 0.2) is 5.85 Å². The van der Waals surface area contributed by atoms with Gasteiger partial charge in [0.05, 0.1) is 20.0 Å². The van der Waals surface area contributed by atoms with Crippen LogP contribution >= 0.6 is 7.26 Å². The molecule has 0 aliphatic rings. The molecular formula is C7H18OP+. The van der Waals surface area contributed by atoms with Crippen LogP contribution in [0.4, 0.5) is 0 Å². The summed E-state index contributed by atoms with van der Waals surface area (Å²) in [6.45, 7) is 12.0. The maximum atomic E-state index is 5.46. The molecule has 56 valence electrons. The molecule has 0 aliphatic heterocycles. The highest BCUT2D eigenvalue weighted by Crippen LogP contribution is 2.52. The highest BCUT2D eigenvalue weighted by atomic mass is 31.2. The van der Waals surface area contributed by atoms with E-state index in [0.29, 0.717) is 5.85 Å². The van der Waals surface area contributed by atoms with Crippen molar-refractivity contribution in [2.75, 3.05) is 26.6 Å². The molecule has 0 aliphatic carbocycles. The average molecular weight is 149 g/mol. The van der Waals surface area contributed by atoms with Crippen LogP contribution in [0.1, 0.15) is 13.8 Å². The summed E-state index contributed by atoms with van der Waals surface area (Å²) >= 11 is 0. The summed E-state index contributed by atoms with van der Waals surface area (Å²) in [4.78, 5) is 0. The Hall–Kier alpha value is 0.390. The lowest BCUT2D eigenvalue weighted by Gasteiger charge is -2.19. The summed E-state index contributed by atoms with van der Waals surface area (Å²) in [5.41, 5.74) is 0. The van der Waals surface area contributed by atoms with Gasteiger partial charge in [-0.15, -0.1) is 0 Å². The Kier molecular flexibility index (Phi) is 3.68. The van der Waals surface area contributed by atoms with Gasteiger partial charge in [0.25, 0.3) is 0 Å². The Morgan fingerprint density at radius 3 is 1.89 bits per heavy atom. The fourth-order valence-corrected chi connectivity index (χ4v) is 1.06. The van der Waals surface area contributed by atoms with Crippen molar-refractivity contribution >= 4 is 7.26 Å². The van der Waals surface area contributed by atoms with Gasteiger partial charge in [0.2, 0.25) is 0 Å². The monoisotopic (exact) mass is 149 g/mol. The van der Waals surface area contributed by atoms with Crippen LogP contribution in [0.15, 0.2) is 0 Å². The van der Waals surface area contributed by atoms with E-state index in [1.54, 1.807) is 0 Å². The standard InChI is InChI=1S/C7H18OP/c1-6-8-7(2)9(3,4)5/h7H,6H2,1-5H3/q+1. The maximum absolute atomic E-state index is 5.46. The first kappa shape index (κ1) is 9.39. The van der Waals surface area contributed by atoms with E-state index >= 15 is 0 Å². The molecule has 0 heterocycles.